The van der Waals surface area contributed by atoms with Crippen molar-refractivity contribution in [3.63, 3.8) is 0 Å². The number of nitrogens with zero attached hydrogens (tertiary/aromatic N) is 1. The highest BCUT2D eigenvalue weighted by Crippen LogP contribution is 2.20. The maximum atomic E-state index is 12.3. The largest absolute Gasteiger partial charge is 0.496 e. The molecule has 1 aromatic carbocycles. The van der Waals surface area contributed by atoms with Crippen molar-refractivity contribution < 1.29 is 14.7 Å². The molecule has 0 aliphatic carbocycles. The molecule has 110 valence electrons. The molecule has 1 aromatic rings. The molecule has 0 fully saturated rings. The molecule has 20 heavy (non-hydrogen) atoms. The molecule has 1 rings (SSSR count). The lowest BCUT2D eigenvalue weighted by atomic mass is 9.96. The van der Waals surface area contributed by atoms with Gasteiger partial charge in [-0.3, -0.25) is 4.79 Å². The van der Waals surface area contributed by atoms with Gasteiger partial charge in [0, 0.05) is 5.56 Å². The minimum absolute atomic E-state index is 0.0348. The van der Waals surface area contributed by atoms with E-state index in [0.29, 0.717) is 17.7 Å². The van der Waals surface area contributed by atoms with Crippen LogP contribution in [0.5, 0.6) is 5.75 Å². The minimum atomic E-state index is -0.899. The maximum Gasteiger partial charge on any atom is 0.252 e. The van der Waals surface area contributed by atoms with E-state index in [1.165, 1.54) is 0 Å². The number of hydrogen-bond donors (Lipinski definition) is 3. The highest BCUT2D eigenvalue weighted by molar-refractivity contribution is 6.00. The Morgan fingerprint density at radius 3 is 2.70 bits per heavy atom. The second kappa shape index (κ2) is 6.27. The molecule has 6 heteroatoms. The van der Waals surface area contributed by atoms with E-state index < -0.39 is 5.54 Å². The monoisotopic (exact) mass is 279 g/mol. The molecule has 1 amide bonds. The van der Waals surface area contributed by atoms with Crippen LogP contribution in [-0.2, 0) is 0 Å². The third kappa shape index (κ3) is 3.20. The Morgan fingerprint density at radius 2 is 2.20 bits per heavy atom. The summed E-state index contributed by atoms with van der Waals surface area (Å²) in [5.41, 5.74) is 6.13. The zero-order valence-corrected chi connectivity index (χ0v) is 12.2. The van der Waals surface area contributed by atoms with Crippen molar-refractivity contribution in [3.05, 3.63) is 29.3 Å². The highest BCUT2D eigenvalue weighted by atomic mass is 16.5. The number of nitrogens with one attached hydrogen (secondary N) is 1. The molecule has 0 spiro atoms. The molecular formula is C14H21N3O3. The molecule has 4 N–H and O–H groups in total. The molecule has 0 aromatic heterocycles. The smallest absolute Gasteiger partial charge is 0.252 e. The number of methoxy groups -OCH3 is 1. The minimum Gasteiger partial charge on any atom is -0.496 e. The highest BCUT2D eigenvalue weighted by Gasteiger charge is 2.30. The predicted molar refractivity (Wildman–Crippen MR) is 77.3 cm³/mol. The predicted octanol–water partition coefficient (Wildman–Crippen LogP) is 1.65. The molecule has 0 saturated carbocycles. The van der Waals surface area contributed by atoms with Crippen LogP contribution in [0.15, 0.2) is 23.4 Å². The molecule has 0 saturated heterocycles. The van der Waals surface area contributed by atoms with E-state index in [1.54, 1.807) is 32.2 Å². The average Bonchev–Trinajstić information content (AvgIpc) is 2.46. The van der Waals surface area contributed by atoms with Crippen LogP contribution in [-0.4, -0.2) is 29.6 Å². The van der Waals surface area contributed by atoms with Crippen LogP contribution in [0.1, 0.15) is 36.2 Å². The van der Waals surface area contributed by atoms with Crippen LogP contribution in [0, 0.1) is 6.92 Å². The van der Waals surface area contributed by atoms with E-state index in [0.717, 1.165) is 5.56 Å². The first kappa shape index (κ1) is 15.8. The standard InChI is InChI=1S/C14H21N3O3/c1-5-14(3,13(15)17-19)16-12(18)10-7-6-9(2)11(8-10)20-4/h6-8,19H,5H2,1-4H3,(H2,15,17)(H,16,18). The quantitative estimate of drug-likeness (QED) is 0.330. The normalized spacial score (nSPS) is 14.5. The van der Waals surface area contributed by atoms with Gasteiger partial charge in [-0.05, 0) is 38.0 Å². The number of carbonyl (C=O) groups excluding carboxylic acids is 1. The first-order valence-electron chi connectivity index (χ1n) is 6.33. The second-order valence-electron chi connectivity index (χ2n) is 4.81. The molecular weight excluding hydrogens is 258 g/mol. The Balaban J connectivity index is 3.01. The fourth-order valence-electron chi connectivity index (χ4n) is 1.73. The van der Waals surface area contributed by atoms with E-state index in [-0.39, 0.29) is 11.7 Å². The van der Waals surface area contributed by atoms with E-state index in [2.05, 4.69) is 10.5 Å². The fourth-order valence-corrected chi connectivity index (χ4v) is 1.73. The number of amidine groups is 1. The number of carbonyl (C=O) groups is 1. The van der Waals surface area contributed by atoms with Gasteiger partial charge in [0.2, 0.25) is 0 Å². The van der Waals surface area contributed by atoms with Crippen LogP contribution in [0.3, 0.4) is 0 Å². The van der Waals surface area contributed by atoms with Crippen LogP contribution in [0.4, 0.5) is 0 Å². The van der Waals surface area contributed by atoms with Crippen molar-refractivity contribution in [2.45, 2.75) is 32.7 Å². The summed E-state index contributed by atoms with van der Waals surface area (Å²) in [4.78, 5) is 12.3. The van der Waals surface area contributed by atoms with Gasteiger partial charge in [-0.25, -0.2) is 0 Å². The van der Waals surface area contributed by atoms with Gasteiger partial charge in [-0.2, -0.15) is 0 Å². The van der Waals surface area contributed by atoms with Gasteiger partial charge in [-0.1, -0.05) is 18.1 Å². The lowest BCUT2D eigenvalue weighted by Crippen LogP contribution is -2.55. The number of ether oxygens (including phenoxy) is 1. The first-order valence-corrected chi connectivity index (χ1v) is 6.33. The van der Waals surface area contributed by atoms with Gasteiger partial charge in [0.15, 0.2) is 5.84 Å². The van der Waals surface area contributed by atoms with Gasteiger partial charge in [0.05, 0.1) is 12.6 Å². The van der Waals surface area contributed by atoms with Crippen molar-refractivity contribution in [2.75, 3.05) is 7.11 Å². The first-order chi connectivity index (χ1) is 9.37. The third-order valence-corrected chi connectivity index (χ3v) is 3.44. The van der Waals surface area contributed by atoms with E-state index >= 15 is 0 Å². The summed E-state index contributed by atoms with van der Waals surface area (Å²) in [5.74, 6) is 0.298. The van der Waals surface area contributed by atoms with Crippen LogP contribution < -0.4 is 15.8 Å². The summed E-state index contributed by atoms with van der Waals surface area (Å²) >= 11 is 0. The maximum absolute atomic E-state index is 12.3. The Bertz CT molecular complexity index is 528. The number of nitrogens with two attached hydrogens (primary N) is 1. The third-order valence-electron chi connectivity index (χ3n) is 3.44. The molecule has 0 aliphatic rings. The zero-order chi connectivity index (χ0) is 15.3. The van der Waals surface area contributed by atoms with Gasteiger partial charge >= 0.3 is 0 Å². The molecule has 0 heterocycles. The van der Waals surface area contributed by atoms with Gasteiger partial charge in [-0.15, -0.1) is 0 Å². The lowest BCUT2D eigenvalue weighted by molar-refractivity contribution is 0.0924. The summed E-state index contributed by atoms with van der Waals surface area (Å²) < 4.78 is 5.19. The van der Waals surface area contributed by atoms with E-state index in [9.17, 15) is 4.79 Å². The average molecular weight is 279 g/mol. The summed E-state index contributed by atoms with van der Waals surface area (Å²) in [6.45, 7) is 5.44. The Labute approximate surface area is 118 Å². The van der Waals surface area contributed by atoms with E-state index in [1.807, 2.05) is 13.8 Å². The van der Waals surface area contributed by atoms with Crippen LogP contribution in [0.25, 0.3) is 0 Å². The summed E-state index contributed by atoms with van der Waals surface area (Å²) in [6, 6.07) is 5.17. The number of hydrogen-bond acceptors (Lipinski definition) is 4. The molecule has 1 unspecified atom stereocenters. The lowest BCUT2D eigenvalue weighted by Gasteiger charge is -2.28. The second-order valence-corrected chi connectivity index (χ2v) is 4.81. The Kier molecular flexibility index (Phi) is 4.96. The van der Waals surface area contributed by atoms with Crippen LogP contribution >= 0.6 is 0 Å². The number of amides is 1. The topological polar surface area (TPSA) is 96.9 Å². The van der Waals surface area contributed by atoms with Gasteiger partial charge in [0.1, 0.15) is 5.75 Å². The van der Waals surface area contributed by atoms with E-state index in [4.69, 9.17) is 15.7 Å². The molecule has 1 atom stereocenters. The Morgan fingerprint density at radius 1 is 1.55 bits per heavy atom. The zero-order valence-electron chi connectivity index (χ0n) is 12.2. The molecule has 0 radical (unpaired) electrons. The molecule has 0 aliphatic heterocycles. The number of oxime groups is 1. The van der Waals surface area contributed by atoms with Crippen molar-refractivity contribution in [1.82, 2.24) is 5.32 Å². The summed E-state index contributed by atoms with van der Waals surface area (Å²) in [6.07, 6.45) is 0.498. The summed E-state index contributed by atoms with van der Waals surface area (Å²) in [7, 11) is 1.55. The van der Waals surface area contributed by atoms with Gasteiger partial charge < -0.3 is 21.0 Å². The van der Waals surface area contributed by atoms with Crippen molar-refractivity contribution >= 4 is 11.7 Å². The van der Waals surface area contributed by atoms with Crippen molar-refractivity contribution in [3.8, 4) is 5.75 Å². The number of rotatable bonds is 5. The number of benzene rings is 1. The SMILES string of the molecule is CCC(C)(NC(=O)c1ccc(C)c(OC)c1)/C(N)=N/O. The van der Waals surface area contributed by atoms with Crippen LogP contribution in [0.2, 0.25) is 0 Å². The Hall–Kier alpha value is -2.24. The van der Waals surface area contributed by atoms with Gasteiger partial charge in [0.25, 0.3) is 5.91 Å². The molecule has 6 nitrogen and oxygen atoms in total. The fraction of sp³-hybridized carbons (Fsp3) is 0.429. The van der Waals surface area contributed by atoms with Crippen molar-refractivity contribution in [2.24, 2.45) is 10.9 Å². The number of aryl methyl sites for hydroxylation is 1. The molecule has 0 bridgehead atoms. The summed E-state index contributed by atoms with van der Waals surface area (Å²) in [5, 5.41) is 14.5. The van der Waals surface area contributed by atoms with Crippen molar-refractivity contribution in [1.29, 1.82) is 0 Å².